The van der Waals surface area contributed by atoms with E-state index < -0.39 is 0 Å². The smallest absolute Gasteiger partial charge is 0.237 e. The number of nitrogens with one attached hydrogen (secondary N) is 2. The Bertz CT molecular complexity index is 489. The first-order valence-corrected chi connectivity index (χ1v) is 7.99. The van der Waals surface area contributed by atoms with Crippen molar-refractivity contribution < 1.29 is 9.90 Å². The number of aliphatic hydroxyl groups is 1. The Balaban J connectivity index is 1.55. The van der Waals surface area contributed by atoms with E-state index in [9.17, 15) is 9.90 Å². The minimum Gasteiger partial charge on any atom is -0.392 e. The Morgan fingerprint density at radius 3 is 2.76 bits per heavy atom. The third kappa shape index (κ3) is 3.27. The second-order valence-corrected chi connectivity index (χ2v) is 6.25. The highest BCUT2D eigenvalue weighted by atomic mass is 16.3. The summed E-state index contributed by atoms with van der Waals surface area (Å²) >= 11 is 0. The normalized spacial score (nSPS) is 28.1. The van der Waals surface area contributed by atoms with Gasteiger partial charge in [-0.1, -0.05) is 37.1 Å². The zero-order valence-electron chi connectivity index (χ0n) is 12.3. The summed E-state index contributed by atoms with van der Waals surface area (Å²) in [4.78, 5) is 12.3. The highest BCUT2D eigenvalue weighted by Gasteiger charge is 2.37. The largest absolute Gasteiger partial charge is 0.392 e. The molecule has 21 heavy (non-hydrogen) atoms. The fourth-order valence-electron chi connectivity index (χ4n) is 3.71. The third-order valence-corrected chi connectivity index (χ3v) is 4.92. The van der Waals surface area contributed by atoms with Gasteiger partial charge in [-0.3, -0.25) is 4.79 Å². The van der Waals surface area contributed by atoms with Crippen molar-refractivity contribution in [3.63, 3.8) is 0 Å². The molecule has 1 saturated carbocycles. The predicted molar refractivity (Wildman–Crippen MR) is 81.5 cm³/mol. The molecule has 0 radical (unpaired) electrons. The van der Waals surface area contributed by atoms with Crippen LogP contribution >= 0.6 is 0 Å². The molecule has 114 valence electrons. The van der Waals surface area contributed by atoms with Gasteiger partial charge >= 0.3 is 0 Å². The van der Waals surface area contributed by atoms with Crippen LogP contribution in [-0.2, 0) is 17.9 Å². The first kappa shape index (κ1) is 14.5. The topological polar surface area (TPSA) is 61.4 Å². The molecule has 3 atom stereocenters. The van der Waals surface area contributed by atoms with Gasteiger partial charge in [0, 0.05) is 12.6 Å². The molecule has 2 fully saturated rings. The standard InChI is InChI=1S/C17H24N2O2/c20-11-14-7-2-1-6-13(14)10-18-17(21)16-9-12-5-3-4-8-15(12)19-16/h1-2,6-7,12,15-16,19-20H,3-5,8-11H2,(H,18,21)/t12-,15-,16-/m0/s1. The van der Waals surface area contributed by atoms with Gasteiger partial charge in [0.25, 0.3) is 0 Å². The summed E-state index contributed by atoms with van der Waals surface area (Å²) < 4.78 is 0. The minimum absolute atomic E-state index is 0.0118. The van der Waals surface area contributed by atoms with Gasteiger partial charge in [-0.25, -0.2) is 0 Å². The van der Waals surface area contributed by atoms with Crippen LogP contribution in [0.2, 0.25) is 0 Å². The van der Waals surface area contributed by atoms with Crippen LogP contribution < -0.4 is 10.6 Å². The molecule has 1 aromatic carbocycles. The van der Waals surface area contributed by atoms with Crippen LogP contribution in [0.15, 0.2) is 24.3 Å². The first-order valence-electron chi connectivity index (χ1n) is 7.99. The molecule has 1 saturated heterocycles. The van der Waals surface area contributed by atoms with Gasteiger partial charge in [-0.05, 0) is 36.3 Å². The highest BCUT2D eigenvalue weighted by Crippen LogP contribution is 2.33. The Morgan fingerprint density at radius 1 is 1.24 bits per heavy atom. The lowest BCUT2D eigenvalue weighted by atomic mass is 9.85. The Morgan fingerprint density at radius 2 is 2.00 bits per heavy atom. The summed E-state index contributed by atoms with van der Waals surface area (Å²) in [5, 5.41) is 15.8. The lowest BCUT2D eigenvalue weighted by Gasteiger charge is -2.24. The summed E-state index contributed by atoms with van der Waals surface area (Å²) in [5.41, 5.74) is 1.87. The second-order valence-electron chi connectivity index (χ2n) is 6.25. The number of rotatable bonds is 4. The summed E-state index contributed by atoms with van der Waals surface area (Å²) in [6.07, 6.45) is 6.03. The van der Waals surface area contributed by atoms with Gasteiger partial charge in [0.2, 0.25) is 5.91 Å². The monoisotopic (exact) mass is 288 g/mol. The number of hydrogen-bond acceptors (Lipinski definition) is 3. The molecule has 0 unspecified atom stereocenters. The van der Waals surface area contributed by atoms with Crippen molar-refractivity contribution in [2.24, 2.45) is 5.92 Å². The molecule has 0 spiro atoms. The molecular weight excluding hydrogens is 264 g/mol. The summed E-state index contributed by atoms with van der Waals surface area (Å²) in [6, 6.07) is 8.18. The van der Waals surface area contributed by atoms with Crippen LogP contribution in [0.1, 0.15) is 43.2 Å². The molecule has 0 aromatic heterocycles. The van der Waals surface area contributed by atoms with Crippen molar-refractivity contribution in [1.82, 2.24) is 10.6 Å². The zero-order valence-corrected chi connectivity index (χ0v) is 12.3. The molecule has 3 N–H and O–H groups in total. The van der Waals surface area contributed by atoms with E-state index in [4.69, 9.17) is 0 Å². The van der Waals surface area contributed by atoms with Gasteiger partial charge < -0.3 is 15.7 Å². The summed E-state index contributed by atoms with van der Waals surface area (Å²) in [6.45, 7) is 0.501. The number of fused-ring (bicyclic) bond motifs is 1. The van der Waals surface area contributed by atoms with Crippen molar-refractivity contribution in [3.05, 3.63) is 35.4 Å². The van der Waals surface area contributed by atoms with Gasteiger partial charge in [0.05, 0.1) is 12.6 Å². The molecular formula is C17H24N2O2. The zero-order chi connectivity index (χ0) is 14.7. The van der Waals surface area contributed by atoms with E-state index in [1.54, 1.807) is 0 Å². The number of benzene rings is 1. The highest BCUT2D eigenvalue weighted by molar-refractivity contribution is 5.82. The van der Waals surface area contributed by atoms with Gasteiger partial charge in [-0.15, -0.1) is 0 Å². The van der Waals surface area contributed by atoms with Crippen molar-refractivity contribution in [1.29, 1.82) is 0 Å². The molecule has 1 aliphatic carbocycles. The van der Waals surface area contributed by atoms with E-state index in [1.165, 1.54) is 25.7 Å². The molecule has 1 aromatic rings. The lowest BCUT2D eigenvalue weighted by Crippen LogP contribution is -2.43. The SMILES string of the molecule is O=C(NCc1ccccc1CO)[C@@H]1C[C@@H]2CCCC[C@@H]2N1. The Labute approximate surface area is 125 Å². The molecule has 1 heterocycles. The average molecular weight is 288 g/mol. The van der Waals surface area contributed by atoms with E-state index in [2.05, 4.69) is 10.6 Å². The van der Waals surface area contributed by atoms with Gasteiger partial charge in [0.15, 0.2) is 0 Å². The predicted octanol–water partition coefficient (Wildman–Crippen LogP) is 1.72. The maximum Gasteiger partial charge on any atom is 0.237 e. The average Bonchev–Trinajstić information content (AvgIpc) is 2.97. The molecule has 0 bridgehead atoms. The van der Waals surface area contributed by atoms with Crippen molar-refractivity contribution in [3.8, 4) is 0 Å². The fraction of sp³-hybridized carbons (Fsp3) is 0.588. The van der Waals surface area contributed by atoms with E-state index in [-0.39, 0.29) is 18.6 Å². The van der Waals surface area contributed by atoms with E-state index in [0.29, 0.717) is 18.5 Å². The van der Waals surface area contributed by atoms with Crippen LogP contribution in [-0.4, -0.2) is 23.1 Å². The van der Waals surface area contributed by atoms with E-state index in [0.717, 1.165) is 17.5 Å². The van der Waals surface area contributed by atoms with Crippen molar-refractivity contribution in [2.45, 2.75) is 57.3 Å². The van der Waals surface area contributed by atoms with Crippen LogP contribution in [0.3, 0.4) is 0 Å². The molecule has 3 rings (SSSR count). The van der Waals surface area contributed by atoms with Gasteiger partial charge in [0.1, 0.15) is 0 Å². The van der Waals surface area contributed by atoms with Gasteiger partial charge in [-0.2, -0.15) is 0 Å². The number of hydrogen-bond donors (Lipinski definition) is 3. The maximum atomic E-state index is 12.3. The number of carbonyl (C=O) groups is 1. The molecule has 1 aliphatic heterocycles. The lowest BCUT2D eigenvalue weighted by molar-refractivity contribution is -0.123. The molecule has 4 heteroatoms. The van der Waals surface area contributed by atoms with E-state index in [1.807, 2.05) is 24.3 Å². The summed E-state index contributed by atoms with van der Waals surface area (Å²) in [5.74, 6) is 0.774. The van der Waals surface area contributed by atoms with E-state index >= 15 is 0 Å². The first-order chi connectivity index (χ1) is 10.3. The second kappa shape index (κ2) is 6.58. The van der Waals surface area contributed by atoms with Crippen LogP contribution in [0, 0.1) is 5.92 Å². The number of amides is 1. The maximum absolute atomic E-state index is 12.3. The molecule has 4 nitrogen and oxygen atoms in total. The Kier molecular flexibility index (Phi) is 4.56. The minimum atomic E-state index is -0.0422. The van der Waals surface area contributed by atoms with Crippen LogP contribution in [0.4, 0.5) is 0 Å². The number of aliphatic hydroxyl groups excluding tert-OH is 1. The molecule has 2 aliphatic rings. The fourth-order valence-corrected chi connectivity index (χ4v) is 3.71. The van der Waals surface area contributed by atoms with Crippen LogP contribution in [0.25, 0.3) is 0 Å². The molecule has 1 amide bonds. The van der Waals surface area contributed by atoms with Crippen molar-refractivity contribution >= 4 is 5.91 Å². The summed E-state index contributed by atoms with van der Waals surface area (Å²) in [7, 11) is 0. The third-order valence-electron chi connectivity index (χ3n) is 4.92. The van der Waals surface area contributed by atoms with Crippen molar-refractivity contribution in [2.75, 3.05) is 0 Å². The number of carbonyl (C=O) groups excluding carboxylic acids is 1. The quantitative estimate of drug-likeness (QED) is 0.790. The Hall–Kier alpha value is -1.39. The van der Waals surface area contributed by atoms with Crippen LogP contribution in [0.5, 0.6) is 0 Å².